The quantitative estimate of drug-likeness (QED) is 0.268. The van der Waals surface area contributed by atoms with Gasteiger partial charge in [-0.2, -0.15) is 0 Å². The molecule has 1 fully saturated rings. The summed E-state index contributed by atoms with van der Waals surface area (Å²) >= 11 is 1.40. The average Bonchev–Trinajstić information content (AvgIpc) is 3.29. The number of rotatable bonds is 9. The summed E-state index contributed by atoms with van der Waals surface area (Å²) in [6.07, 6.45) is 1.90. The number of hydrogen-bond acceptors (Lipinski definition) is 9. The van der Waals surface area contributed by atoms with Gasteiger partial charge >= 0.3 is 11.9 Å². The fourth-order valence-corrected chi connectivity index (χ4v) is 6.36. The molecule has 0 aliphatic carbocycles. The third kappa shape index (κ3) is 5.67. The van der Waals surface area contributed by atoms with Gasteiger partial charge < -0.3 is 24.3 Å². The second kappa shape index (κ2) is 12.6. The van der Waals surface area contributed by atoms with Crippen LogP contribution in [0.2, 0.25) is 0 Å². The van der Waals surface area contributed by atoms with Crippen LogP contribution in [0.3, 0.4) is 0 Å². The number of amides is 1. The van der Waals surface area contributed by atoms with Gasteiger partial charge in [-0.05, 0) is 60.9 Å². The Morgan fingerprint density at radius 1 is 1.00 bits per heavy atom. The summed E-state index contributed by atoms with van der Waals surface area (Å²) in [5.41, 5.74) is 2.06. The van der Waals surface area contributed by atoms with E-state index in [9.17, 15) is 14.4 Å². The van der Waals surface area contributed by atoms with Crippen molar-refractivity contribution in [2.24, 2.45) is 0 Å². The van der Waals surface area contributed by atoms with Crippen molar-refractivity contribution in [2.75, 3.05) is 26.9 Å². The molecule has 1 saturated heterocycles. The van der Waals surface area contributed by atoms with Crippen molar-refractivity contribution in [2.45, 2.75) is 32.3 Å². The number of fused-ring (bicyclic) bond motifs is 2. The van der Waals surface area contributed by atoms with Crippen LogP contribution in [0.1, 0.15) is 37.9 Å². The van der Waals surface area contributed by atoms with Gasteiger partial charge in [-0.15, -0.1) is 0 Å². The summed E-state index contributed by atoms with van der Waals surface area (Å²) < 4.78 is 21.6. The monoisotopic (exact) mass is 588 g/mol. The molecule has 5 rings (SSSR count). The van der Waals surface area contributed by atoms with Crippen LogP contribution >= 0.6 is 11.8 Å². The molecule has 0 saturated carbocycles. The standard InChI is InChI=1S/C32H32N2O7S/c1-5-39-27(35)18-41-24-15-14-22(16-25(24)38-4)29-28(31(37)40-6-2)19(3)33-32-34(29)30(36)26(42-32)17-21-12-9-11-20-10-7-8-13-23(20)21/h7-17,29,32-33H,5-6,18H2,1-4H3/b26-17+. The Morgan fingerprint density at radius 3 is 2.52 bits per heavy atom. The molecule has 2 heterocycles. The van der Waals surface area contributed by atoms with Crippen LogP contribution in [-0.2, 0) is 23.9 Å². The van der Waals surface area contributed by atoms with Gasteiger partial charge in [0, 0.05) is 5.70 Å². The number of carbonyl (C=O) groups is 3. The zero-order valence-corrected chi connectivity index (χ0v) is 24.7. The van der Waals surface area contributed by atoms with Gasteiger partial charge in [0.15, 0.2) is 23.6 Å². The molecule has 2 atom stereocenters. The number of thioether (sulfide) groups is 1. The summed E-state index contributed by atoms with van der Waals surface area (Å²) in [6.45, 7) is 5.41. The Labute approximate surface area is 248 Å². The van der Waals surface area contributed by atoms with Crippen molar-refractivity contribution < 1.29 is 33.3 Å². The van der Waals surface area contributed by atoms with Crippen LogP contribution < -0.4 is 14.8 Å². The van der Waals surface area contributed by atoms with E-state index in [2.05, 4.69) is 5.32 Å². The predicted octanol–water partition coefficient (Wildman–Crippen LogP) is 5.17. The number of nitrogens with one attached hydrogen (secondary N) is 1. The second-order valence-electron chi connectivity index (χ2n) is 9.57. The largest absolute Gasteiger partial charge is 0.493 e. The van der Waals surface area contributed by atoms with E-state index in [4.69, 9.17) is 18.9 Å². The Balaban J connectivity index is 1.54. The molecular weight excluding hydrogens is 556 g/mol. The normalized spacial score (nSPS) is 19.0. The van der Waals surface area contributed by atoms with Crippen LogP contribution in [0.5, 0.6) is 11.5 Å². The molecule has 2 aliphatic rings. The lowest BCUT2D eigenvalue weighted by Crippen LogP contribution is -2.50. The molecule has 9 nitrogen and oxygen atoms in total. The van der Waals surface area contributed by atoms with E-state index in [0.29, 0.717) is 33.2 Å². The minimum atomic E-state index is -0.762. The number of hydrogen-bond donors (Lipinski definition) is 1. The highest BCUT2D eigenvalue weighted by Gasteiger charge is 2.48. The lowest BCUT2D eigenvalue weighted by molar-refractivity contribution is -0.145. The van der Waals surface area contributed by atoms with Crippen molar-refractivity contribution in [3.8, 4) is 11.5 Å². The molecule has 3 aromatic carbocycles. The summed E-state index contributed by atoms with van der Waals surface area (Å²) in [5.74, 6) is -0.559. The molecule has 3 aromatic rings. The van der Waals surface area contributed by atoms with Crippen LogP contribution in [0.15, 0.2) is 76.8 Å². The fraction of sp³-hybridized carbons (Fsp3) is 0.281. The number of carbonyl (C=O) groups excluding carboxylic acids is 3. The van der Waals surface area contributed by atoms with Crippen molar-refractivity contribution in [3.63, 3.8) is 0 Å². The van der Waals surface area contributed by atoms with E-state index in [1.807, 2.05) is 55.5 Å². The Bertz CT molecular complexity index is 1590. The molecule has 2 unspecified atom stereocenters. The summed E-state index contributed by atoms with van der Waals surface area (Å²) in [4.78, 5) is 41.4. The Hall–Kier alpha value is -4.44. The minimum Gasteiger partial charge on any atom is -0.493 e. The maximum Gasteiger partial charge on any atom is 0.344 e. The van der Waals surface area contributed by atoms with E-state index < -0.39 is 23.5 Å². The highest BCUT2D eigenvalue weighted by Crippen LogP contribution is 2.47. The second-order valence-corrected chi connectivity index (χ2v) is 10.7. The van der Waals surface area contributed by atoms with E-state index >= 15 is 0 Å². The number of esters is 2. The van der Waals surface area contributed by atoms with E-state index in [0.717, 1.165) is 16.3 Å². The van der Waals surface area contributed by atoms with Crippen LogP contribution in [0.4, 0.5) is 0 Å². The minimum absolute atomic E-state index is 0.185. The third-order valence-corrected chi connectivity index (χ3v) is 8.11. The molecule has 2 aliphatic heterocycles. The maximum atomic E-state index is 14.1. The summed E-state index contributed by atoms with van der Waals surface area (Å²) in [6, 6.07) is 18.4. The number of methoxy groups -OCH3 is 1. The predicted molar refractivity (Wildman–Crippen MR) is 160 cm³/mol. The van der Waals surface area contributed by atoms with Gasteiger partial charge in [-0.25, -0.2) is 9.59 Å². The van der Waals surface area contributed by atoms with Crippen LogP contribution in [0, 0.1) is 0 Å². The highest BCUT2D eigenvalue weighted by molar-refractivity contribution is 8.05. The number of nitrogens with zero attached hydrogens (tertiary/aromatic N) is 1. The van der Waals surface area contributed by atoms with E-state index in [-0.39, 0.29) is 25.7 Å². The molecule has 0 spiro atoms. The first-order valence-electron chi connectivity index (χ1n) is 13.7. The molecule has 1 N–H and O–H groups in total. The number of ether oxygens (including phenoxy) is 4. The molecule has 218 valence electrons. The molecule has 0 aromatic heterocycles. The first kappa shape index (κ1) is 29.1. The van der Waals surface area contributed by atoms with Crippen molar-refractivity contribution in [3.05, 3.63) is 88.0 Å². The lowest BCUT2D eigenvalue weighted by Gasteiger charge is -2.39. The lowest BCUT2D eigenvalue weighted by atomic mass is 9.93. The summed E-state index contributed by atoms with van der Waals surface area (Å²) in [5, 5.41) is 5.45. The first-order chi connectivity index (χ1) is 20.4. The zero-order valence-electron chi connectivity index (χ0n) is 23.8. The molecule has 42 heavy (non-hydrogen) atoms. The van der Waals surface area contributed by atoms with Gasteiger partial charge in [0.1, 0.15) is 0 Å². The molecule has 1 amide bonds. The molecular formula is C32H32N2O7S. The number of benzene rings is 3. The van der Waals surface area contributed by atoms with E-state index in [1.165, 1.54) is 18.9 Å². The molecule has 0 bridgehead atoms. The first-order valence-corrected chi connectivity index (χ1v) is 14.5. The van der Waals surface area contributed by atoms with Crippen LogP contribution in [-0.4, -0.2) is 55.2 Å². The smallest absolute Gasteiger partial charge is 0.344 e. The maximum absolute atomic E-state index is 14.1. The number of allylic oxidation sites excluding steroid dienone is 1. The van der Waals surface area contributed by atoms with Crippen molar-refractivity contribution in [1.82, 2.24) is 10.2 Å². The van der Waals surface area contributed by atoms with Crippen molar-refractivity contribution in [1.29, 1.82) is 0 Å². The molecule has 10 heteroatoms. The van der Waals surface area contributed by atoms with Gasteiger partial charge in [-0.3, -0.25) is 9.69 Å². The van der Waals surface area contributed by atoms with Gasteiger partial charge in [0.2, 0.25) is 0 Å². The van der Waals surface area contributed by atoms with Gasteiger partial charge in [0.25, 0.3) is 5.91 Å². The van der Waals surface area contributed by atoms with Gasteiger partial charge in [-0.1, -0.05) is 60.3 Å². The Morgan fingerprint density at radius 2 is 1.76 bits per heavy atom. The van der Waals surface area contributed by atoms with Crippen molar-refractivity contribution >= 4 is 46.5 Å². The van der Waals surface area contributed by atoms with Crippen LogP contribution in [0.25, 0.3) is 16.8 Å². The molecule has 0 radical (unpaired) electrons. The SMILES string of the molecule is CCOC(=O)COc1ccc(C2C(C(=O)OCC)=C(C)NC3S/C(=C/c4cccc5ccccc45)C(=O)N32)cc1OC. The zero-order chi connectivity index (χ0) is 29.8. The third-order valence-electron chi connectivity index (χ3n) is 6.99. The average molecular weight is 589 g/mol. The Kier molecular flexibility index (Phi) is 8.72. The highest BCUT2D eigenvalue weighted by atomic mass is 32.2. The topological polar surface area (TPSA) is 103 Å². The van der Waals surface area contributed by atoms with Gasteiger partial charge in [0.05, 0.1) is 36.8 Å². The fourth-order valence-electron chi connectivity index (χ4n) is 5.15. The van der Waals surface area contributed by atoms with E-state index in [1.54, 1.807) is 36.9 Å². The summed E-state index contributed by atoms with van der Waals surface area (Å²) in [7, 11) is 1.48.